The van der Waals surface area contributed by atoms with Gasteiger partial charge in [0.05, 0.1) is 11.1 Å². The van der Waals surface area contributed by atoms with Crippen LogP contribution in [0.25, 0.3) is 0 Å². The fourth-order valence-corrected chi connectivity index (χ4v) is 10.8. The van der Waals surface area contributed by atoms with Crippen LogP contribution < -0.4 is 0 Å². The number of aromatic nitrogens is 2. The maximum Gasteiger partial charge on any atom is 0.433 e. The lowest BCUT2D eigenvalue weighted by Crippen LogP contribution is -2.66. The van der Waals surface area contributed by atoms with Crippen molar-refractivity contribution in [2.75, 3.05) is 0 Å². The van der Waals surface area contributed by atoms with E-state index in [-0.39, 0.29) is 34.4 Å². The Morgan fingerprint density at radius 1 is 1.00 bits per heavy atom. The Bertz CT molecular complexity index is 1490. The SMILES string of the molecule is CC1(C)CC[C@]2(n3nccc3C(F)(F)F)CC[C@]3(C)[C@H](C(=O)C=C4[C@@]5(C)C=C(C#N)C(=O)C(C)(C)C5CC[C@]43C)[C@@H]2C1. The quantitative estimate of drug-likeness (QED) is 0.339. The lowest BCUT2D eigenvalue weighted by Gasteiger charge is -2.69. The number of halogens is 3. The van der Waals surface area contributed by atoms with E-state index in [4.69, 9.17) is 0 Å². The number of carbonyl (C=O) groups is 2. The van der Waals surface area contributed by atoms with Crippen LogP contribution in [0.3, 0.4) is 0 Å². The summed E-state index contributed by atoms with van der Waals surface area (Å²) < 4.78 is 44.1. The smallest absolute Gasteiger partial charge is 0.295 e. The molecular weight excluding hydrogens is 539 g/mol. The van der Waals surface area contributed by atoms with Gasteiger partial charge in [-0.25, -0.2) is 0 Å². The molecule has 5 nitrogen and oxygen atoms in total. The zero-order chi connectivity index (χ0) is 30.9. The third-order valence-electron chi connectivity index (χ3n) is 13.2. The average Bonchev–Trinajstić information content (AvgIpc) is 3.39. The summed E-state index contributed by atoms with van der Waals surface area (Å²) in [6, 6.07) is 3.20. The van der Waals surface area contributed by atoms with Crippen molar-refractivity contribution in [1.82, 2.24) is 9.78 Å². The highest BCUT2D eigenvalue weighted by atomic mass is 19.4. The number of hydrogen-bond acceptors (Lipinski definition) is 4. The van der Waals surface area contributed by atoms with Gasteiger partial charge in [0.2, 0.25) is 0 Å². The Kier molecular flexibility index (Phi) is 5.93. The molecular formula is C34H42F3N3O2. The molecule has 1 heterocycles. The highest BCUT2D eigenvalue weighted by Crippen LogP contribution is 2.74. The standard InChI is InChI=1S/C34H42F3N3O2/c1-28(2)11-13-33(40-25(9-15-39-40)34(35,36)37)14-12-32(7)26(21(33)18-28)22(41)16-24-30(5)17-20(19-38)27(42)29(3,4)23(30)8-10-31(24,32)6/h9,15-17,21,23,26H,8,10-14,18H2,1-7H3/t21-,23?,26-,30-,31+,32+,33-/m0/s1. The van der Waals surface area contributed by atoms with E-state index in [1.165, 1.54) is 10.9 Å². The van der Waals surface area contributed by atoms with Crippen molar-refractivity contribution in [3.63, 3.8) is 0 Å². The summed E-state index contributed by atoms with van der Waals surface area (Å²) >= 11 is 0. The molecule has 5 aliphatic rings. The second-order valence-corrected chi connectivity index (χ2v) is 16.0. The van der Waals surface area contributed by atoms with Crippen LogP contribution >= 0.6 is 0 Å². The van der Waals surface area contributed by atoms with Crippen LogP contribution in [0.5, 0.6) is 0 Å². The Hall–Kier alpha value is -2.69. The van der Waals surface area contributed by atoms with Crippen LogP contribution in [0, 0.1) is 56.2 Å². The fraction of sp³-hybridized carbons (Fsp3) is 0.706. The predicted molar refractivity (Wildman–Crippen MR) is 152 cm³/mol. The van der Waals surface area contributed by atoms with Crippen molar-refractivity contribution < 1.29 is 22.8 Å². The second kappa shape index (κ2) is 8.48. The molecule has 3 fully saturated rings. The number of ketones is 2. The summed E-state index contributed by atoms with van der Waals surface area (Å²) in [5.41, 5.74) is -2.93. The van der Waals surface area contributed by atoms with Gasteiger partial charge in [0, 0.05) is 22.9 Å². The molecule has 0 N–H and O–H groups in total. The fourth-order valence-electron chi connectivity index (χ4n) is 10.8. The number of allylic oxidation sites excluding steroid dienone is 4. The number of hydrogen-bond donors (Lipinski definition) is 0. The molecule has 3 saturated carbocycles. The van der Waals surface area contributed by atoms with Gasteiger partial charge in [-0.3, -0.25) is 14.3 Å². The molecule has 0 amide bonds. The Morgan fingerprint density at radius 2 is 1.67 bits per heavy atom. The topological polar surface area (TPSA) is 75.8 Å². The zero-order valence-electron chi connectivity index (χ0n) is 25.8. The summed E-state index contributed by atoms with van der Waals surface area (Å²) in [5.74, 6) is -0.988. The molecule has 8 heteroatoms. The average molecular weight is 582 g/mol. The minimum Gasteiger partial charge on any atom is -0.295 e. The number of fused-ring (bicyclic) bond motifs is 7. The first-order valence-electron chi connectivity index (χ1n) is 15.3. The van der Waals surface area contributed by atoms with Crippen molar-refractivity contribution in [3.8, 4) is 6.07 Å². The normalized spacial score (nSPS) is 42.3. The molecule has 6 rings (SSSR count). The van der Waals surface area contributed by atoms with Gasteiger partial charge < -0.3 is 0 Å². The molecule has 0 saturated heterocycles. The van der Waals surface area contributed by atoms with Crippen LogP contribution in [0.15, 0.2) is 35.6 Å². The van der Waals surface area contributed by atoms with E-state index in [1.54, 1.807) is 6.08 Å². The van der Waals surface area contributed by atoms with Crippen LogP contribution in [0.2, 0.25) is 0 Å². The summed E-state index contributed by atoms with van der Waals surface area (Å²) in [6.07, 6.45) is 4.96. The molecule has 226 valence electrons. The van der Waals surface area contributed by atoms with E-state index < -0.39 is 45.0 Å². The van der Waals surface area contributed by atoms with Crippen molar-refractivity contribution in [2.45, 2.75) is 105 Å². The van der Waals surface area contributed by atoms with Crippen molar-refractivity contribution >= 4 is 11.6 Å². The molecule has 1 aromatic rings. The summed E-state index contributed by atoms with van der Waals surface area (Å²) in [6.45, 7) is 14.7. The second-order valence-electron chi connectivity index (χ2n) is 16.0. The summed E-state index contributed by atoms with van der Waals surface area (Å²) in [7, 11) is 0. The zero-order valence-corrected chi connectivity index (χ0v) is 25.8. The van der Waals surface area contributed by atoms with Crippen LogP contribution in [-0.4, -0.2) is 21.3 Å². The number of nitriles is 1. The summed E-state index contributed by atoms with van der Waals surface area (Å²) in [5, 5.41) is 14.2. The van der Waals surface area contributed by atoms with Gasteiger partial charge in [-0.2, -0.15) is 23.5 Å². The molecule has 0 bridgehead atoms. The van der Waals surface area contributed by atoms with Crippen molar-refractivity contribution in [2.24, 2.45) is 44.8 Å². The largest absolute Gasteiger partial charge is 0.433 e. The minimum atomic E-state index is -4.54. The summed E-state index contributed by atoms with van der Waals surface area (Å²) in [4.78, 5) is 27.9. The van der Waals surface area contributed by atoms with Gasteiger partial charge in [-0.15, -0.1) is 0 Å². The molecule has 0 aliphatic heterocycles. The Morgan fingerprint density at radius 3 is 2.31 bits per heavy atom. The third kappa shape index (κ3) is 3.51. The van der Waals surface area contributed by atoms with Gasteiger partial charge in [0.1, 0.15) is 11.8 Å². The molecule has 1 unspecified atom stereocenters. The molecule has 0 spiro atoms. The number of Topliss-reactive ketones (excluding diaryl/α,β-unsaturated/α-hetero) is 1. The maximum absolute atomic E-state index is 14.6. The molecule has 0 aromatic carbocycles. The van der Waals surface area contributed by atoms with Crippen LogP contribution in [0.1, 0.15) is 99.1 Å². The number of alkyl halides is 3. The number of carbonyl (C=O) groups excluding carboxylic acids is 2. The van der Waals surface area contributed by atoms with E-state index in [9.17, 15) is 28.0 Å². The van der Waals surface area contributed by atoms with E-state index in [0.717, 1.165) is 30.9 Å². The van der Waals surface area contributed by atoms with Crippen LogP contribution in [0.4, 0.5) is 13.2 Å². The Balaban J connectivity index is 1.55. The predicted octanol–water partition coefficient (Wildman–Crippen LogP) is 7.83. The molecule has 42 heavy (non-hydrogen) atoms. The van der Waals surface area contributed by atoms with Gasteiger partial charge >= 0.3 is 6.18 Å². The van der Waals surface area contributed by atoms with Gasteiger partial charge in [0.15, 0.2) is 11.6 Å². The first kappa shape index (κ1) is 29.4. The first-order chi connectivity index (χ1) is 19.3. The monoisotopic (exact) mass is 581 g/mol. The minimum absolute atomic E-state index is 0.0269. The highest BCUT2D eigenvalue weighted by molar-refractivity contribution is 6.04. The highest BCUT2D eigenvalue weighted by Gasteiger charge is 2.70. The lowest BCUT2D eigenvalue weighted by molar-refractivity contribution is -0.177. The van der Waals surface area contributed by atoms with Gasteiger partial charge in [-0.1, -0.05) is 60.1 Å². The molecule has 7 atom stereocenters. The van der Waals surface area contributed by atoms with E-state index in [0.29, 0.717) is 25.7 Å². The van der Waals surface area contributed by atoms with E-state index >= 15 is 0 Å². The maximum atomic E-state index is 14.6. The number of rotatable bonds is 1. The Labute approximate surface area is 246 Å². The van der Waals surface area contributed by atoms with Crippen molar-refractivity contribution in [3.05, 3.63) is 41.3 Å². The molecule has 0 radical (unpaired) electrons. The van der Waals surface area contributed by atoms with Gasteiger partial charge in [0.25, 0.3) is 0 Å². The first-order valence-corrected chi connectivity index (χ1v) is 15.3. The van der Waals surface area contributed by atoms with Crippen LogP contribution in [-0.2, 0) is 21.3 Å². The lowest BCUT2D eigenvalue weighted by atomic mass is 9.35. The molecule has 5 aliphatic carbocycles. The van der Waals surface area contributed by atoms with E-state index in [1.807, 2.05) is 19.9 Å². The van der Waals surface area contributed by atoms with Crippen molar-refractivity contribution in [1.29, 1.82) is 5.26 Å². The van der Waals surface area contributed by atoms with E-state index in [2.05, 4.69) is 45.8 Å². The third-order valence-corrected chi connectivity index (χ3v) is 13.2. The number of nitrogens with zero attached hydrogens (tertiary/aromatic N) is 3. The van der Waals surface area contributed by atoms with Gasteiger partial charge in [-0.05, 0) is 85.2 Å². The molecule has 1 aromatic heterocycles.